The maximum absolute atomic E-state index is 12.4. The van der Waals surface area contributed by atoms with E-state index in [9.17, 15) is 9.59 Å². The Bertz CT molecular complexity index is 830. The first-order valence-electron chi connectivity index (χ1n) is 7.80. The van der Waals surface area contributed by atoms with Gasteiger partial charge in [0.2, 0.25) is 0 Å². The second-order valence-electron chi connectivity index (χ2n) is 6.02. The Morgan fingerprint density at radius 1 is 1.12 bits per heavy atom. The van der Waals surface area contributed by atoms with E-state index in [2.05, 4.69) is 5.10 Å². The fraction of sp³-hybridized carbons (Fsp3) is 0.211. The maximum atomic E-state index is 12.4. The minimum absolute atomic E-state index is 0.206. The van der Waals surface area contributed by atoms with Gasteiger partial charge in [-0.2, -0.15) is 5.10 Å². The summed E-state index contributed by atoms with van der Waals surface area (Å²) in [4.78, 5) is 23.4. The zero-order valence-electron chi connectivity index (χ0n) is 14.0. The van der Waals surface area contributed by atoms with Crippen molar-refractivity contribution in [1.82, 2.24) is 0 Å². The lowest BCUT2D eigenvalue weighted by Gasteiger charge is -2.31. The summed E-state index contributed by atoms with van der Waals surface area (Å²) in [6, 6.07) is 15.9. The largest absolute Gasteiger partial charge is 0.478 e. The molecule has 1 aliphatic heterocycles. The van der Waals surface area contributed by atoms with Crippen LogP contribution in [0.15, 0.2) is 59.7 Å². The summed E-state index contributed by atoms with van der Waals surface area (Å²) in [6.45, 7) is 1.79. The van der Waals surface area contributed by atoms with Gasteiger partial charge in [0.05, 0.1) is 24.1 Å². The van der Waals surface area contributed by atoms with Gasteiger partial charge in [-0.1, -0.05) is 30.3 Å². The molecule has 3 rings (SSSR count). The van der Waals surface area contributed by atoms with Gasteiger partial charge in [-0.3, -0.25) is 0 Å². The van der Waals surface area contributed by atoms with Crippen molar-refractivity contribution >= 4 is 23.3 Å². The molecule has 1 atom stereocenters. The van der Waals surface area contributed by atoms with Crippen molar-refractivity contribution in [2.24, 2.45) is 5.10 Å². The fourth-order valence-corrected chi connectivity index (χ4v) is 2.92. The molecular formula is C19H18N2O4. The molecule has 6 nitrogen and oxygen atoms in total. The topological polar surface area (TPSA) is 79.2 Å². The number of nitrogens with zero attached hydrogens (tertiary/aromatic N) is 2. The van der Waals surface area contributed by atoms with Gasteiger partial charge in [0.1, 0.15) is 0 Å². The third-order valence-corrected chi connectivity index (χ3v) is 4.29. The number of anilines is 1. The molecule has 2 aromatic carbocycles. The lowest BCUT2D eigenvalue weighted by atomic mass is 9.92. The molecule has 0 aromatic heterocycles. The van der Waals surface area contributed by atoms with E-state index < -0.39 is 11.5 Å². The van der Waals surface area contributed by atoms with Crippen molar-refractivity contribution in [3.63, 3.8) is 0 Å². The Labute approximate surface area is 145 Å². The van der Waals surface area contributed by atoms with E-state index in [1.165, 1.54) is 19.2 Å². The number of benzene rings is 2. The van der Waals surface area contributed by atoms with Crippen LogP contribution in [0.25, 0.3) is 0 Å². The maximum Gasteiger partial charge on any atom is 0.335 e. The Morgan fingerprint density at radius 2 is 1.76 bits per heavy atom. The highest BCUT2D eigenvalue weighted by molar-refractivity contribution is 6.08. The molecule has 0 radical (unpaired) electrons. The van der Waals surface area contributed by atoms with E-state index in [-0.39, 0.29) is 11.5 Å². The first-order chi connectivity index (χ1) is 12.0. The van der Waals surface area contributed by atoms with Crippen LogP contribution in [0.5, 0.6) is 0 Å². The summed E-state index contributed by atoms with van der Waals surface area (Å²) < 4.78 is 4.99. The second kappa shape index (κ2) is 6.39. The number of esters is 1. The number of hydrogen-bond acceptors (Lipinski definition) is 5. The van der Waals surface area contributed by atoms with Crippen LogP contribution in [-0.2, 0) is 9.53 Å². The van der Waals surface area contributed by atoms with Crippen LogP contribution in [0.2, 0.25) is 0 Å². The first kappa shape index (κ1) is 16.7. The molecule has 0 fully saturated rings. The van der Waals surface area contributed by atoms with Crippen LogP contribution in [0.1, 0.15) is 29.3 Å². The number of para-hydroxylation sites is 1. The van der Waals surface area contributed by atoms with E-state index in [1.54, 1.807) is 24.1 Å². The van der Waals surface area contributed by atoms with Crippen molar-refractivity contribution in [1.29, 1.82) is 0 Å². The van der Waals surface area contributed by atoms with Crippen LogP contribution in [0, 0.1) is 0 Å². The van der Waals surface area contributed by atoms with Gasteiger partial charge < -0.3 is 9.84 Å². The molecule has 0 saturated carbocycles. The lowest BCUT2D eigenvalue weighted by Crippen LogP contribution is -2.48. The van der Waals surface area contributed by atoms with E-state index in [0.717, 1.165) is 11.3 Å². The number of methoxy groups -OCH3 is 1. The van der Waals surface area contributed by atoms with E-state index >= 15 is 0 Å². The van der Waals surface area contributed by atoms with Gasteiger partial charge >= 0.3 is 11.9 Å². The van der Waals surface area contributed by atoms with Crippen LogP contribution < -0.4 is 5.01 Å². The number of carbonyl (C=O) groups is 2. The average Bonchev–Trinajstić information content (AvgIpc) is 3.00. The highest BCUT2D eigenvalue weighted by Crippen LogP contribution is 2.35. The van der Waals surface area contributed by atoms with E-state index in [0.29, 0.717) is 12.1 Å². The Hall–Kier alpha value is -3.15. The molecule has 0 amide bonds. The Morgan fingerprint density at radius 3 is 2.32 bits per heavy atom. The third kappa shape index (κ3) is 2.98. The smallest absolute Gasteiger partial charge is 0.335 e. The summed E-state index contributed by atoms with van der Waals surface area (Å²) in [5.41, 5.74) is 1.51. The molecule has 1 aliphatic rings. The average molecular weight is 338 g/mol. The molecule has 6 heteroatoms. The molecule has 1 unspecified atom stereocenters. The van der Waals surface area contributed by atoms with Crippen molar-refractivity contribution < 1.29 is 19.4 Å². The molecule has 1 heterocycles. The molecule has 128 valence electrons. The highest BCUT2D eigenvalue weighted by Gasteiger charge is 2.47. The first-order valence-corrected chi connectivity index (χ1v) is 7.80. The number of carboxylic acid groups (broad SMARTS) is 1. The van der Waals surface area contributed by atoms with Crippen LogP contribution in [0.4, 0.5) is 5.69 Å². The van der Waals surface area contributed by atoms with Gasteiger partial charge in [0.25, 0.3) is 0 Å². The summed E-state index contributed by atoms with van der Waals surface area (Å²) in [7, 11) is 1.36. The van der Waals surface area contributed by atoms with Gasteiger partial charge in [0.15, 0.2) is 5.54 Å². The summed E-state index contributed by atoms with van der Waals surface area (Å²) in [6.07, 6.45) is 0.362. The van der Waals surface area contributed by atoms with Crippen molar-refractivity contribution in [3.05, 3.63) is 65.7 Å². The molecule has 0 saturated heterocycles. The minimum Gasteiger partial charge on any atom is -0.478 e. The van der Waals surface area contributed by atoms with Gasteiger partial charge in [0, 0.05) is 6.42 Å². The molecule has 2 aromatic rings. The van der Waals surface area contributed by atoms with E-state index in [1.807, 2.05) is 30.3 Å². The molecule has 0 aliphatic carbocycles. The lowest BCUT2D eigenvalue weighted by molar-refractivity contribution is -0.146. The molecular weight excluding hydrogens is 320 g/mol. The monoisotopic (exact) mass is 338 g/mol. The summed E-state index contributed by atoms with van der Waals surface area (Å²) >= 11 is 0. The molecule has 1 N–H and O–H groups in total. The number of hydrogen-bond donors (Lipinski definition) is 1. The van der Waals surface area contributed by atoms with Crippen molar-refractivity contribution in [3.8, 4) is 0 Å². The van der Waals surface area contributed by atoms with Crippen LogP contribution in [-0.4, -0.2) is 35.4 Å². The number of carboxylic acids is 1. The van der Waals surface area contributed by atoms with Crippen LogP contribution >= 0.6 is 0 Å². The van der Waals surface area contributed by atoms with Gasteiger partial charge in [-0.15, -0.1) is 0 Å². The van der Waals surface area contributed by atoms with Gasteiger partial charge in [-0.05, 0) is 36.8 Å². The SMILES string of the molecule is COC(=O)C1(C)CC(c2ccc(C(=O)O)cc2)=NN1c1ccccc1. The number of carbonyl (C=O) groups excluding carboxylic acids is 1. The third-order valence-electron chi connectivity index (χ3n) is 4.29. The molecule has 25 heavy (non-hydrogen) atoms. The second-order valence-corrected chi connectivity index (χ2v) is 6.02. The predicted octanol–water partition coefficient (Wildman–Crippen LogP) is 2.93. The zero-order valence-corrected chi connectivity index (χ0v) is 14.0. The Balaban J connectivity index is 2.01. The fourth-order valence-electron chi connectivity index (χ4n) is 2.92. The normalized spacial score (nSPS) is 19.4. The summed E-state index contributed by atoms with van der Waals surface area (Å²) in [5.74, 6) is -1.36. The number of ether oxygens (including phenoxy) is 1. The van der Waals surface area contributed by atoms with E-state index in [4.69, 9.17) is 9.84 Å². The summed E-state index contributed by atoms with van der Waals surface area (Å²) in [5, 5.41) is 15.3. The van der Waals surface area contributed by atoms with Crippen molar-refractivity contribution in [2.75, 3.05) is 12.1 Å². The highest BCUT2D eigenvalue weighted by atomic mass is 16.5. The van der Waals surface area contributed by atoms with Crippen LogP contribution in [0.3, 0.4) is 0 Å². The zero-order chi connectivity index (χ0) is 18.0. The predicted molar refractivity (Wildman–Crippen MR) is 93.9 cm³/mol. The quantitative estimate of drug-likeness (QED) is 0.867. The standard InChI is InChI=1S/C19H18N2O4/c1-19(18(24)25-2)12-16(13-8-10-14(11-9-13)17(22)23)20-21(19)15-6-4-3-5-7-15/h3-11H,12H2,1-2H3,(H,22,23). The number of aromatic carboxylic acids is 1. The molecule has 0 bridgehead atoms. The molecule has 0 spiro atoms. The number of hydrazone groups is 1. The Kier molecular flexibility index (Phi) is 4.27. The van der Waals surface area contributed by atoms with Crippen molar-refractivity contribution in [2.45, 2.75) is 18.9 Å². The van der Waals surface area contributed by atoms with Gasteiger partial charge in [-0.25, -0.2) is 14.6 Å². The minimum atomic E-state index is -0.981. The number of rotatable bonds is 4.